The molecule has 0 aliphatic heterocycles. The second kappa shape index (κ2) is 6.64. The Hall–Kier alpha value is -0.220. The van der Waals surface area contributed by atoms with Gasteiger partial charge in [-0.1, -0.05) is 36.7 Å². The molecular weight excluding hydrogens is 298 g/mol. The van der Waals surface area contributed by atoms with Crippen molar-refractivity contribution in [3.05, 3.63) is 16.1 Å². The average molecular weight is 318 g/mol. The Kier molecular flexibility index (Phi) is 5.80. The van der Waals surface area contributed by atoms with Crippen molar-refractivity contribution in [3.63, 3.8) is 0 Å². The molecule has 0 saturated carbocycles. The molecule has 2 nitrogen and oxygen atoms in total. The van der Waals surface area contributed by atoms with Gasteiger partial charge in [-0.25, -0.2) is 4.98 Å². The number of Topliss-reactive ketones (excluding diaryl/α,β-unsaturated/α-hetero) is 1. The first kappa shape index (κ1) is 14.8. The third-order valence-electron chi connectivity index (χ3n) is 2.53. The van der Waals surface area contributed by atoms with Gasteiger partial charge in [-0.05, 0) is 6.42 Å². The number of ketones is 1. The molecule has 96 valence electrons. The molecule has 0 unspecified atom stereocenters. The molecule has 0 aromatic carbocycles. The fourth-order valence-electron chi connectivity index (χ4n) is 1.41. The van der Waals surface area contributed by atoms with Gasteiger partial charge in [0.05, 0.1) is 10.7 Å². The SMILES string of the molecule is CC(C)(C)c1csc(CCC(=O)CCCBr)n1. The number of halogens is 1. The van der Waals surface area contributed by atoms with E-state index in [2.05, 4.69) is 47.1 Å². The van der Waals surface area contributed by atoms with Crippen molar-refractivity contribution >= 4 is 33.0 Å². The highest BCUT2D eigenvalue weighted by Crippen LogP contribution is 2.24. The predicted octanol–water partition coefficient (Wildman–Crippen LogP) is 4.12. The number of aryl methyl sites for hydroxylation is 1. The number of carbonyl (C=O) groups is 1. The molecule has 0 aliphatic rings. The molecule has 1 aromatic heterocycles. The van der Waals surface area contributed by atoms with Crippen LogP contribution >= 0.6 is 27.3 Å². The van der Waals surface area contributed by atoms with Crippen LogP contribution in [-0.4, -0.2) is 16.1 Å². The number of hydrogen-bond acceptors (Lipinski definition) is 3. The fraction of sp³-hybridized carbons (Fsp3) is 0.692. The summed E-state index contributed by atoms with van der Waals surface area (Å²) in [4.78, 5) is 16.1. The largest absolute Gasteiger partial charge is 0.300 e. The summed E-state index contributed by atoms with van der Waals surface area (Å²) in [6.45, 7) is 6.48. The molecule has 0 bridgehead atoms. The molecule has 1 heterocycles. The Morgan fingerprint density at radius 2 is 2.12 bits per heavy atom. The predicted molar refractivity (Wildman–Crippen MR) is 77.2 cm³/mol. The molecule has 0 fully saturated rings. The third kappa shape index (κ3) is 5.30. The molecular formula is C13H20BrNOS. The second-order valence-electron chi connectivity index (χ2n) is 5.21. The lowest BCUT2D eigenvalue weighted by Crippen LogP contribution is -2.11. The quantitative estimate of drug-likeness (QED) is 0.739. The average Bonchev–Trinajstić information content (AvgIpc) is 2.71. The van der Waals surface area contributed by atoms with E-state index in [1.54, 1.807) is 11.3 Å². The van der Waals surface area contributed by atoms with E-state index in [-0.39, 0.29) is 5.41 Å². The van der Waals surface area contributed by atoms with E-state index in [0.29, 0.717) is 18.6 Å². The minimum Gasteiger partial charge on any atom is -0.300 e. The number of nitrogens with zero attached hydrogens (tertiary/aromatic N) is 1. The third-order valence-corrected chi connectivity index (χ3v) is 4.00. The zero-order valence-electron chi connectivity index (χ0n) is 10.8. The van der Waals surface area contributed by atoms with Gasteiger partial charge in [0.2, 0.25) is 0 Å². The highest BCUT2D eigenvalue weighted by atomic mass is 79.9. The van der Waals surface area contributed by atoms with Crippen molar-refractivity contribution < 1.29 is 4.79 Å². The van der Waals surface area contributed by atoms with Crippen molar-refractivity contribution in [1.29, 1.82) is 0 Å². The van der Waals surface area contributed by atoms with Crippen LogP contribution in [0.15, 0.2) is 5.38 Å². The molecule has 17 heavy (non-hydrogen) atoms. The summed E-state index contributed by atoms with van der Waals surface area (Å²) in [6.07, 6.45) is 3.04. The highest BCUT2D eigenvalue weighted by molar-refractivity contribution is 9.09. The van der Waals surface area contributed by atoms with E-state index in [4.69, 9.17) is 0 Å². The first-order valence-electron chi connectivity index (χ1n) is 5.96. The van der Waals surface area contributed by atoms with Crippen molar-refractivity contribution in [2.45, 2.75) is 51.9 Å². The molecule has 1 aromatic rings. The lowest BCUT2D eigenvalue weighted by molar-refractivity contribution is -0.119. The highest BCUT2D eigenvalue weighted by Gasteiger charge is 2.17. The van der Waals surface area contributed by atoms with Crippen LogP contribution < -0.4 is 0 Å². The maximum atomic E-state index is 11.5. The second-order valence-corrected chi connectivity index (χ2v) is 6.94. The van der Waals surface area contributed by atoms with Crippen molar-refractivity contribution in [1.82, 2.24) is 4.98 Å². The zero-order chi connectivity index (χ0) is 12.9. The maximum Gasteiger partial charge on any atom is 0.133 e. The minimum absolute atomic E-state index is 0.106. The van der Waals surface area contributed by atoms with Gasteiger partial charge in [-0.2, -0.15) is 0 Å². The normalized spacial score (nSPS) is 11.8. The summed E-state index contributed by atoms with van der Waals surface area (Å²) < 4.78 is 0. The first-order valence-corrected chi connectivity index (χ1v) is 7.96. The Bertz CT molecular complexity index is 368. The summed E-state index contributed by atoms with van der Waals surface area (Å²) in [5.74, 6) is 0.344. The van der Waals surface area contributed by atoms with Crippen LogP contribution in [0.4, 0.5) is 0 Å². The molecule has 0 N–H and O–H groups in total. The summed E-state index contributed by atoms with van der Waals surface area (Å²) in [5.41, 5.74) is 1.24. The first-order chi connectivity index (χ1) is 7.93. The van der Waals surface area contributed by atoms with Crippen molar-refractivity contribution in [2.24, 2.45) is 0 Å². The van der Waals surface area contributed by atoms with Crippen LogP contribution in [0.5, 0.6) is 0 Å². The smallest absolute Gasteiger partial charge is 0.133 e. The number of aromatic nitrogens is 1. The van der Waals surface area contributed by atoms with Gasteiger partial charge in [-0.3, -0.25) is 4.79 Å². The molecule has 0 atom stereocenters. The number of hydrogen-bond donors (Lipinski definition) is 0. The van der Waals surface area contributed by atoms with E-state index in [1.165, 1.54) is 0 Å². The van der Waals surface area contributed by atoms with Crippen LogP contribution in [0, 0.1) is 0 Å². The lowest BCUT2D eigenvalue weighted by atomic mass is 9.93. The minimum atomic E-state index is 0.106. The summed E-state index contributed by atoms with van der Waals surface area (Å²) in [7, 11) is 0. The van der Waals surface area contributed by atoms with Gasteiger partial charge < -0.3 is 0 Å². The standard InChI is InChI=1S/C13H20BrNOS/c1-13(2,3)11-9-17-12(15-11)7-6-10(16)5-4-8-14/h9H,4-8H2,1-3H3. The molecule has 0 spiro atoms. The van der Waals surface area contributed by atoms with Gasteiger partial charge in [0, 0.05) is 35.4 Å². The van der Waals surface area contributed by atoms with E-state index in [1.807, 2.05) is 0 Å². The van der Waals surface area contributed by atoms with Crippen LogP contribution in [0.1, 0.15) is 50.7 Å². The number of rotatable bonds is 6. The van der Waals surface area contributed by atoms with Crippen molar-refractivity contribution in [3.8, 4) is 0 Å². The number of carbonyl (C=O) groups excluding carboxylic acids is 1. The number of thiazole rings is 1. The van der Waals surface area contributed by atoms with Crippen LogP contribution in [0.2, 0.25) is 0 Å². The number of alkyl halides is 1. The van der Waals surface area contributed by atoms with E-state index in [0.717, 1.165) is 28.9 Å². The van der Waals surface area contributed by atoms with Crippen LogP contribution in [0.25, 0.3) is 0 Å². The Balaban J connectivity index is 2.42. The van der Waals surface area contributed by atoms with E-state index >= 15 is 0 Å². The van der Waals surface area contributed by atoms with Gasteiger partial charge >= 0.3 is 0 Å². The van der Waals surface area contributed by atoms with E-state index < -0.39 is 0 Å². The lowest BCUT2D eigenvalue weighted by Gasteiger charge is -2.14. The van der Waals surface area contributed by atoms with Crippen LogP contribution in [0.3, 0.4) is 0 Å². The molecule has 0 aliphatic carbocycles. The Morgan fingerprint density at radius 3 is 2.65 bits per heavy atom. The van der Waals surface area contributed by atoms with Gasteiger partial charge in [-0.15, -0.1) is 11.3 Å². The Morgan fingerprint density at radius 1 is 1.41 bits per heavy atom. The zero-order valence-corrected chi connectivity index (χ0v) is 13.2. The molecule has 0 radical (unpaired) electrons. The maximum absolute atomic E-state index is 11.5. The monoisotopic (exact) mass is 317 g/mol. The Labute approximate surface area is 116 Å². The topological polar surface area (TPSA) is 30.0 Å². The van der Waals surface area contributed by atoms with Gasteiger partial charge in [0.25, 0.3) is 0 Å². The summed E-state index contributed by atoms with van der Waals surface area (Å²) >= 11 is 5.01. The van der Waals surface area contributed by atoms with Gasteiger partial charge in [0.15, 0.2) is 0 Å². The van der Waals surface area contributed by atoms with E-state index in [9.17, 15) is 4.79 Å². The summed E-state index contributed by atoms with van der Waals surface area (Å²) in [6, 6.07) is 0. The molecule has 4 heteroatoms. The van der Waals surface area contributed by atoms with Crippen molar-refractivity contribution in [2.75, 3.05) is 5.33 Å². The molecule has 1 rings (SSSR count). The molecule has 0 amide bonds. The summed E-state index contributed by atoms with van der Waals surface area (Å²) in [5, 5.41) is 4.10. The fourth-order valence-corrected chi connectivity index (χ4v) is 2.71. The van der Waals surface area contributed by atoms with Gasteiger partial charge in [0.1, 0.15) is 5.78 Å². The molecule has 0 saturated heterocycles. The van der Waals surface area contributed by atoms with Crippen LogP contribution in [-0.2, 0) is 16.6 Å².